The lowest BCUT2D eigenvalue weighted by Gasteiger charge is -2.18. The van der Waals surface area contributed by atoms with Crippen molar-refractivity contribution in [1.29, 1.82) is 0 Å². The fourth-order valence-corrected chi connectivity index (χ4v) is 2.71. The normalized spacial score (nSPS) is 23.9. The number of hydrogen-bond donors (Lipinski definition) is 3. The topological polar surface area (TPSA) is 87.7 Å². The van der Waals surface area contributed by atoms with Gasteiger partial charge in [-0.15, -0.1) is 0 Å². The summed E-state index contributed by atoms with van der Waals surface area (Å²) < 4.78 is 19.4. The molecule has 2 heterocycles. The molecule has 0 unspecified atom stereocenters. The van der Waals surface area contributed by atoms with Gasteiger partial charge in [0.25, 0.3) is 0 Å². The molecule has 1 saturated heterocycles. The highest BCUT2D eigenvalue weighted by Crippen LogP contribution is 2.33. The molecular formula is C13H13FN2O4. The predicted molar refractivity (Wildman–Crippen MR) is 66.3 cm³/mol. The highest BCUT2D eigenvalue weighted by atomic mass is 19.1. The van der Waals surface area contributed by atoms with Gasteiger partial charge in [-0.05, 0) is 17.2 Å². The van der Waals surface area contributed by atoms with Crippen LogP contribution < -0.4 is 15.4 Å². The molecule has 1 aromatic rings. The Bertz CT molecular complexity index is 590. The molecule has 106 valence electrons. The molecular weight excluding hydrogens is 267 g/mol. The van der Waals surface area contributed by atoms with Crippen LogP contribution in [0.25, 0.3) is 0 Å². The van der Waals surface area contributed by atoms with Crippen molar-refractivity contribution in [3.63, 3.8) is 0 Å². The Labute approximate surface area is 113 Å². The van der Waals surface area contributed by atoms with Gasteiger partial charge in [-0.2, -0.15) is 0 Å². The van der Waals surface area contributed by atoms with E-state index in [2.05, 4.69) is 10.6 Å². The van der Waals surface area contributed by atoms with E-state index in [-0.39, 0.29) is 6.54 Å². The van der Waals surface area contributed by atoms with Gasteiger partial charge in [0.2, 0.25) is 5.91 Å². The number of carbonyl (C=O) groups is 2. The molecule has 6 nitrogen and oxygen atoms in total. The molecule has 0 aliphatic carbocycles. The second kappa shape index (κ2) is 4.66. The highest BCUT2D eigenvalue weighted by Gasteiger charge is 2.38. The number of carbonyl (C=O) groups excluding carboxylic acids is 1. The second-order valence-corrected chi connectivity index (χ2v) is 4.86. The third-order valence-electron chi connectivity index (χ3n) is 3.67. The van der Waals surface area contributed by atoms with E-state index in [0.717, 1.165) is 5.56 Å². The van der Waals surface area contributed by atoms with Crippen LogP contribution in [0, 0.1) is 5.82 Å². The van der Waals surface area contributed by atoms with Crippen LogP contribution in [0.2, 0.25) is 0 Å². The molecule has 0 bridgehead atoms. The Kier molecular flexibility index (Phi) is 2.96. The van der Waals surface area contributed by atoms with Crippen LogP contribution >= 0.6 is 0 Å². The number of nitrogens with one attached hydrogen (secondary N) is 2. The van der Waals surface area contributed by atoms with Crippen LogP contribution in [0.3, 0.4) is 0 Å². The van der Waals surface area contributed by atoms with E-state index in [9.17, 15) is 14.0 Å². The lowest BCUT2D eigenvalue weighted by molar-refractivity contribution is -0.120. The maximum absolute atomic E-state index is 14.1. The Morgan fingerprint density at radius 3 is 3.05 bits per heavy atom. The molecule has 0 radical (unpaired) electrons. The largest absolute Gasteiger partial charge is 0.493 e. The summed E-state index contributed by atoms with van der Waals surface area (Å²) in [5.41, 5.74) is 1.22. The van der Waals surface area contributed by atoms with E-state index in [1.807, 2.05) is 0 Å². The minimum atomic E-state index is -1.30. The van der Waals surface area contributed by atoms with E-state index < -0.39 is 29.8 Å². The van der Waals surface area contributed by atoms with Gasteiger partial charge in [0, 0.05) is 24.9 Å². The minimum absolute atomic E-state index is 0.209. The molecule has 0 aromatic heterocycles. The fraction of sp³-hybridized carbons (Fsp3) is 0.385. The van der Waals surface area contributed by atoms with Crippen LogP contribution in [0.5, 0.6) is 5.75 Å². The zero-order valence-electron chi connectivity index (χ0n) is 10.5. The second-order valence-electron chi connectivity index (χ2n) is 4.86. The van der Waals surface area contributed by atoms with Gasteiger partial charge in [-0.3, -0.25) is 4.79 Å². The number of carboxylic acid groups (broad SMARTS) is 1. The van der Waals surface area contributed by atoms with Gasteiger partial charge < -0.3 is 20.5 Å². The molecule has 2 amide bonds. The van der Waals surface area contributed by atoms with Crippen molar-refractivity contribution >= 4 is 12.0 Å². The van der Waals surface area contributed by atoms with Crippen LogP contribution in [0.15, 0.2) is 12.1 Å². The third kappa shape index (κ3) is 2.04. The maximum Gasteiger partial charge on any atom is 0.405 e. The summed E-state index contributed by atoms with van der Waals surface area (Å²) in [4.78, 5) is 22.4. The van der Waals surface area contributed by atoms with Crippen molar-refractivity contribution in [3.05, 3.63) is 29.1 Å². The molecule has 2 aliphatic heterocycles. The molecule has 0 spiro atoms. The molecule has 2 atom stereocenters. The molecule has 3 N–H and O–H groups in total. The van der Waals surface area contributed by atoms with E-state index in [1.54, 1.807) is 6.07 Å². The molecule has 7 heteroatoms. The number of amides is 2. The van der Waals surface area contributed by atoms with Gasteiger partial charge in [0.1, 0.15) is 17.6 Å². The van der Waals surface area contributed by atoms with Crippen LogP contribution in [0.1, 0.15) is 17.0 Å². The summed E-state index contributed by atoms with van der Waals surface area (Å²) in [6.07, 6.45) is -0.616. The molecule has 1 aromatic carbocycles. The number of halogens is 1. The van der Waals surface area contributed by atoms with Crippen molar-refractivity contribution in [2.75, 3.05) is 13.2 Å². The van der Waals surface area contributed by atoms with Crippen molar-refractivity contribution < 1.29 is 23.8 Å². The average Bonchev–Trinajstić information content (AvgIpc) is 2.96. The lowest BCUT2D eigenvalue weighted by Crippen LogP contribution is -2.42. The standard InChI is InChI=1S/C13H13FN2O4/c14-9-4-10-6(1-2-20-10)3-7(9)8-5-15-12(17)11(8)16-13(18)19/h3-4,8,11,16H,1-2,5H2,(H,15,17)(H,18,19)/t8-,11-/m0/s1. The first-order valence-electron chi connectivity index (χ1n) is 6.28. The maximum atomic E-state index is 14.1. The Morgan fingerprint density at radius 2 is 2.30 bits per heavy atom. The summed E-state index contributed by atoms with van der Waals surface area (Å²) >= 11 is 0. The lowest BCUT2D eigenvalue weighted by atomic mass is 9.91. The van der Waals surface area contributed by atoms with E-state index in [1.165, 1.54) is 6.07 Å². The van der Waals surface area contributed by atoms with Crippen LogP contribution in [-0.4, -0.2) is 36.3 Å². The highest BCUT2D eigenvalue weighted by molar-refractivity contribution is 5.88. The first-order valence-corrected chi connectivity index (χ1v) is 6.28. The summed E-state index contributed by atoms with van der Waals surface area (Å²) in [6, 6.07) is 2.00. The van der Waals surface area contributed by atoms with Gasteiger partial charge >= 0.3 is 6.09 Å². The molecule has 1 fully saturated rings. The van der Waals surface area contributed by atoms with Crippen LogP contribution in [-0.2, 0) is 11.2 Å². The quantitative estimate of drug-likeness (QED) is 0.740. The summed E-state index contributed by atoms with van der Waals surface area (Å²) in [7, 11) is 0. The smallest absolute Gasteiger partial charge is 0.405 e. The van der Waals surface area contributed by atoms with Crippen molar-refractivity contribution in [1.82, 2.24) is 10.6 Å². The predicted octanol–water partition coefficient (Wildman–Crippen LogP) is 0.610. The number of ether oxygens (including phenoxy) is 1. The first kappa shape index (κ1) is 12.7. The molecule has 20 heavy (non-hydrogen) atoms. The van der Waals surface area contributed by atoms with E-state index >= 15 is 0 Å². The minimum Gasteiger partial charge on any atom is -0.493 e. The van der Waals surface area contributed by atoms with E-state index in [4.69, 9.17) is 9.84 Å². The number of rotatable bonds is 2. The average molecular weight is 280 g/mol. The van der Waals surface area contributed by atoms with Gasteiger partial charge in [0.05, 0.1) is 6.61 Å². The van der Waals surface area contributed by atoms with Crippen LogP contribution in [0.4, 0.5) is 9.18 Å². The fourth-order valence-electron chi connectivity index (χ4n) is 2.71. The van der Waals surface area contributed by atoms with Gasteiger partial charge in [-0.25, -0.2) is 9.18 Å². The summed E-state index contributed by atoms with van der Waals surface area (Å²) in [5.74, 6) is -0.950. The summed E-state index contributed by atoms with van der Waals surface area (Å²) in [6.45, 7) is 0.719. The molecule has 0 saturated carbocycles. The van der Waals surface area contributed by atoms with Crippen molar-refractivity contribution in [2.45, 2.75) is 18.4 Å². The first-order chi connectivity index (χ1) is 9.56. The Hall–Kier alpha value is -2.31. The zero-order valence-corrected chi connectivity index (χ0v) is 10.5. The third-order valence-corrected chi connectivity index (χ3v) is 3.67. The monoisotopic (exact) mass is 280 g/mol. The van der Waals surface area contributed by atoms with Crippen molar-refractivity contribution in [3.8, 4) is 5.75 Å². The Balaban J connectivity index is 1.95. The SMILES string of the molecule is O=C(O)N[C@@H]1C(=O)NC[C@H]1c1cc2c(cc1F)OCC2. The Morgan fingerprint density at radius 1 is 1.50 bits per heavy atom. The number of fused-ring (bicyclic) bond motifs is 1. The molecule has 3 rings (SSSR count). The van der Waals surface area contributed by atoms with Crippen molar-refractivity contribution in [2.24, 2.45) is 0 Å². The summed E-state index contributed by atoms with van der Waals surface area (Å²) in [5, 5.41) is 13.5. The van der Waals surface area contributed by atoms with Gasteiger partial charge in [0.15, 0.2) is 0 Å². The van der Waals surface area contributed by atoms with E-state index in [0.29, 0.717) is 24.3 Å². The molecule has 2 aliphatic rings. The van der Waals surface area contributed by atoms with Gasteiger partial charge in [-0.1, -0.05) is 0 Å². The number of benzene rings is 1. The zero-order chi connectivity index (χ0) is 14.3. The number of hydrogen-bond acceptors (Lipinski definition) is 3.